The number of hydrogen-bond donors (Lipinski definition) is 1. The first kappa shape index (κ1) is 12.3. The first-order chi connectivity index (χ1) is 7.70. The van der Waals surface area contributed by atoms with Gasteiger partial charge in [0.25, 0.3) is 0 Å². The molecule has 3 heteroatoms. The lowest BCUT2D eigenvalue weighted by Crippen LogP contribution is -2.62. The van der Waals surface area contributed by atoms with E-state index in [1.807, 2.05) is 7.11 Å². The van der Waals surface area contributed by atoms with Gasteiger partial charge in [-0.25, -0.2) is 0 Å². The molecule has 1 N–H and O–H groups in total. The van der Waals surface area contributed by atoms with Crippen molar-refractivity contribution in [2.75, 3.05) is 26.8 Å². The Bertz CT molecular complexity index is 234. The van der Waals surface area contributed by atoms with Crippen LogP contribution in [0.15, 0.2) is 0 Å². The highest BCUT2D eigenvalue weighted by Crippen LogP contribution is 2.39. The summed E-state index contributed by atoms with van der Waals surface area (Å²) in [5, 5.41) is 3.66. The molecule has 2 saturated heterocycles. The van der Waals surface area contributed by atoms with Crippen LogP contribution >= 0.6 is 0 Å². The maximum Gasteiger partial charge on any atom is 0.0615 e. The third-order valence-electron chi connectivity index (χ3n) is 4.56. The summed E-state index contributed by atoms with van der Waals surface area (Å²) < 4.78 is 5.32. The number of hydrogen-bond acceptors (Lipinski definition) is 3. The van der Waals surface area contributed by atoms with Crippen LogP contribution < -0.4 is 5.32 Å². The molecule has 0 aromatic rings. The van der Waals surface area contributed by atoms with Crippen LogP contribution in [0.25, 0.3) is 0 Å². The monoisotopic (exact) mass is 226 g/mol. The molecule has 3 nitrogen and oxygen atoms in total. The second-order valence-electron chi connectivity index (χ2n) is 5.48. The molecular formula is C13H26N2O. The number of likely N-dealkylation sites (tertiary alicyclic amines) is 1. The zero-order valence-electron chi connectivity index (χ0n) is 11.0. The van der Waals surface area contributed by atoms with Gasteiger partial charge in [-0.2, -0.15) is 0 Å². The lowest BCUT2D eigenvalue weighted by atomic mass is 9.80. The van der Waals surface area contributed by atoms with Crippen LogP contribution in [0.3, 0.4) is 0 Å². The molecule has 2 fully saturated rings. The van der Waals surface area contributed by atoms with Crippen molar-refractivity contribution in [1.82, 2.24) is 10.2 Å². The summed E-state index contributed by atoms with van der Waals surface area (Å²) in [6, 6.07) is 1.18. The minimum atomic E-state index is 0.413. The molecule has 2 rings (SSSR count). The summed E-state index contributed by atoms with van der Waals surface area (Å²) >= 11 is 0. The fraction of sp³-hybridized carbons (Fsp3) is 1.00. The summed E-state index contributed by atoms with van der Waals surface area (Å²) in [5.74, 6) is 0. The molecule has 0 aromatic carbocycles. The molecule has 0 aromatic heterocycles. The van der Waals surface area contributed by atoms with Crippen LogP contribution in [0.2, 0.25) is 0 Å². The zero-order valence-corrected chi connectivity index (χ0v) is 11.0. The maximum absolute atomic E-state index is 5.32. The third-order valence-corrected chi connectivity index (χ3v) is 4.56. The topological polar surface area (TPSA) is 24.5 Å². The first-order valence-electron chi connectivity index (χ1n) is 6.70. The van der Waals surface area contributed by atoms with Crippen LogP contribution in [0.4, 0.5) is 0 Å². The van der Waals surface area contributed by atoms with Crippen LogP contribution in [0.5, 0.6) is 0 Å². The van der Waals surface area contributed by atoms with E-state index in [2.05, 4.69) is 24.1 Å². The number of rotatable bonds is 3. The van der Waals surface area contributed by atoms with Gasteiger partial charge in [-0.3, -0.25) is 4.90 Å². The average Bonchev–Trinajstić information content (AvgIpc) is 2.68. The van der Waals surface area contributed by atoms with Crippen LogP contribution in [0, 0.1) is 0 Å². The average molecular weight is 226 g/mol. The van der Waals surface area contributed by atoms with Gasteiger partial charge in [0, 0.05) is 24.7 Å². The lowest BCUT2D eigenvalue weighted by Gasteiger charge is -2.49. The molecule has 2 heterocycles. The molecule has 2 aliphatic rings. The van der Waals surface area contributed by atoms with Gasteiger partial charge in [-0.05, 0) is 52.6 Å². The van der Waals surface area contributed by atoms with Gasteiger partial charge in [0.05, 0.1) is 6.61 Å². The normalized spacial score (nSPS) is 38.1. The molecule has 94 valence electrons. The second-order valence-corrected chi connectivity index (χ2v) is 5.48. The fourth-order valence-electron chi connectivity index (χ4n) is 3.77. The molecule has 0 amide bonds. The van der Waals surface area contributed by atoms with Crippen molar-refractivity contribution in [2.45, 2.75) is 57.2 Å². The zero-order chi connectivity index (χ0) is 11.6. The van der Waals surface area contributed by atoms with E-state index in [4.69, 9.17) is 4.74 Å². The highest BCUT2D eigenvalue weighted by molar-refractivity contribution is 5.06. The summed E-state index contributed by atoms with van der Waals surface area (Å²) in [7, 11) is 1.81. The second kappa shape index (κ2) is 5.03. The Kier molecular flexibility index (Phi) is 3.88. The minimum absolute atomic E-state index is 0.413. The molecule has 0 aliphatic carbocycles. The highest BCUT2D eigenvalue weighted by atomic mass is 16.5. The van der Waals surface area contributed by atoms with Crippen molar-refractivity contribution in [2.24, 2.45) is 0 Å². The summed E-state index contributed by atoms with van der Waals surface area (Å²) in [5.41, 5.74) is 0.413. The first-order valence-corrected chi connectivity index (χ1v) is 6.70. The molecular weight excluding hydrogens is 200 g/mol. The number of nitrogens with zero attached hydrogens (tertiary/aromatic N) is 1. The van der Waals surface area contributed by atoms with Crippen LogP contribution in [0.1, 0.15) is 39.5 Å². The molecule has 0 radical (unpaired) electrons. The Morgan fingerprint density at radius 3 is 2.88 bits per heavy atom. The molecule has 16 heavy (non-hydrogen) atoms. The Morgan fingerprint density at radius 2 is 2.19 bits per heavy atom. The van der Waals surface area contributed by atoms with E-state index in [1.165, 1.54) is 38.8 Å². The smallest absolute Gasteiger partial charge is 0.0615 e. The van der Waals surface area contributed by atoms with Crippen molar-refractivity contribution in [1.29, 1.82) is 0 Å². The predicted octanol–water partition coefficient (Wildman–Crippen LogP) is 1.63. The van der Waals surface area contributed by atoms with Gasteiger partial charge in [0.2, 0.25) is 0 Å². The largest absolute Gasteiger partial charge is 0.383 e. The van der Waals surface area contributed by atoms with Crippen molar-refractivity contribution in [3.8, 4) is 0 Å². The third kappa shape index (κ3) is 2.01. The Labute approximate surface area is 99.5 Å². The van der Waals surface area contributed by atoms with Gasteiger partial charge in [0.15, 0.2) is 0 Å². The van der Waals surface area contributed by atoms with E-state index in [9.17, 15) is 0 Å². The van der Waals surface area contributed by atoms with Gasteiger partial charge in [-0.15, -0.1) is 0 Å². The van der Waals surface area contributed by atoms with Gasteiger partial charge < -0.3 is 10.1 Å². The van der Waals surface area contributed by atoms with E-state index in [1.54, 1.807) is 0 Å². The van der Waals surface area contributed by atoms with Crippen LogP contribution in [-0.4, -0.2) is 49.3 Å². The van der Waals surface area contributed by atoms with E-state index in [0.717, 1.165) is 6.61 Å². The molecule has 3 unspecified atom stereocenters. The minimum Gasteiger partial charge on any atom is -0.383 e. The maximum atomic E-state index is 5.32. The number of ether oxygens (including phenoxy) is 1. The molecule has 0 saturated carbocycles. The molecule has 3 atom stereocenters. The van der Waals surface area contributed by atoms with Crippen molar-refractivity contribution >= 4 is 0 Å². The van der Waals surface area contributed by atoms with Gasteiger partial charge in [0.1, 0.15) is 0 Å². The summed E-state index contributed by atoms with van der Waals surface area (Å²) in [4.78, 5) is 2.70. The molecule has 2 aliphatic heterocycles. The van der Waals surface area contributed by atoms with Crippen molar-refractivity contribution in [3.63, 3.8) is 0 Å². The van der Waals surface area contributed by atoms with Gasteiger partial charge >= 0.3 is 0 Å². The standard InChI is InChI=1S/C13H26N2O/c1-11(10-16-3)15-9-5-7-13(15)6-4-8-14-12(13)2/h11-12,14H,4-10H2,1-3H3. The van der Waals surface area contributed by atoms with E-state index < -0.39 is 0 Å². The summed E-state index contributed by atoms with van der Waals surface area (Å²) in [6.07, 6.45) is 5.38. The Hall–Kier alpha value is -0.120. The SMILES string of the molecule is COCC(C)N1CCCC12CCCNC2C. The Balaban J connectivity index is 2.11. The van der Waals surface area contributed by atoms with E-state index in [0.29, 0.717) is 17.6 Å². The highest BCUT2D eigenvalue weighted by Gasteiger charge is 2.47. The van der Waals surface area contributed by atoms with E-state index in [-0.39, 0.29) is 0 Å². The number of methoxy groups -OCH3 is 1. The van der Waals surface area contributed by atoms with Crippen molar-refractivity contribution < 1.29 is 4.74 Å². The fourth-order valence-corrected chi connectivity index (χ4v) is 3.77. The van der Waals surface area contributed by atoms with E-state index >= 15 is 0 Å². The predicted molar refractivity (Wildman–Crippen MR) is 66.7 cm³/mol. The Morgan fingerprint density at radius 1 is 1.44 bits per heavy atom. The van der Waals surface area contributed by atoms with Crippen LogP contribution in [-0.2, 0) is 4.74 Å². The summed E-state index contributed by atoms with van der Waals surface area (Å²) in [6.45, 7) is 7.95. The van der Waals surface area contributed by atoms with Gasteiger partial charge in [-0.1, -0.05) is 0 Å². The number of nitrogens with one attached hydrogen (secondary N) is 1. The number of piperidine rings is 1. The lowest BCUT2D eigenvalue weighted by molar-refractivity contribution is 0.00763. The molecule has 0 bridgehead atoms. The molecule has 1 spiro atoms. The quantitative estimate of drug-likeness (QED) is 0.791. The van der Waals surface area contributed by atoms with Crippen molar-refractivity contribution in [3.05, 3.63) is 0 Å².